The van der Waals surface area contributed by atoms with E-state index < -0.39 is 0 Å². The van der Waals surface area contributed by atoms with Crippen LogP contribution in [0.4, 0.5) is 0 Å². The molecule has 0 radical (unpaired) electrons. The van der Waals surface area contributed by atoms with Crippen LogP contribution in [0.2, 0.25) is 0 Å². The molecule has 0 amide bonds. The summed E-state index contributed by atoms with van der Waals surface area (Å²) >= 11 is 0. The molecule has 2 N–H and O–H groups in total. The molecule has 25 heavy (non-hydrogen) atoms. The van der Waals surface area contributed by atoms with Gasteiger partial charge in [-0.3, -0.25) is 4.98 Å². The number of fused-ring (bicyclic) bond motifs is 1. The normalized spacial score (nSPS) is 21.7. The molecule has 1 aliphatic carbocycles. The first-order valence-corrected chi connectivity index (χ1v) is 8.90. The first-order chi connectivity index (χ1) is 12.3. The van der Waals surface area contributed by atoms with Crippen molar-refractivity contribution in [1.82, 2.24) is 15.6 Å². The minimum atomic E-state index is 0.230. The fourth-order valence-corrected chi connectivity index (χ4v) is 3.69. The Morgan fingerprint density at radius 2 is 2.28 bits per heavy atom. The van der Waals surface area contributed by atoms with Crippen molar-refractivity contribution >= 4 is 0 Å². The van der Waals surface area contributed by atoms with Crippen molar-refractivity contribution in [2.24, 2.45) is 0 Å². The highest BCUT2D eigenvalue weighted by atomic mass is 16.5. The van der Waals surface area contributed by atoms with Crippen molar-refractivity contribution in [3.8, 4) is 11.8 Å². The topological polar surface area (TPSA) is 70.0 Å². The number of nitrogens with zero attached hydrogens (tertiary/aromatic N) is 2. The maximum Gasteiger partial charge on any atom is 0.142 e. The average molecular weight is 334 g/mol. The molecule has 2 atom stereocenters. The van der Waals surface area contributed by atoms with Crippen LogP contribution in [0.5, 0.6) is 5.75 Å². The van der Waals surface area contributed by atoms with E-state index in [4.69, 9.17) is 10.00 Å². The first-order valence-electron chi connectivity index (χ1n) is 8.90. The number of ether oxygens (including phenoxy) is 1. The Labute approximate surface area is 148 Å². The van der Waals surface area contributed by atoms with Crippen molar-refractivity contribution in [2.45, 2.75) is 38.0 Å². The molecule has 0 spiro atoms. The summed E-state index contributed by atoms with van der Waals surface area (Å²) in [6.07, 6.45) is 7.02. The molecule has 0 saturated carbocycles. The molecule has 5 nitrogen and oxygen atoms in total. The summed E-state index contributed by atoms with van der Waals surface area (Å²) in [6, 6.07) is 10.6. The van der Waals surface area contributed by atoms with Crippen LogP contribution in [0.25, 0.3) is 0 Å². The molecule has 1 fully saturated rings. The number of nitriles is 1. The van der Waals surface area contributed by atoms with Crippen LogP contribution in [-0.4, -0.2) is 24.2 Å². The van der Waals surface area contributed by atoms with E-state index in [1.165, 1.54) is 11.1 Å². The Bertz CT molecular complexity index is 793. The van der Waals surface area contributed by atoms with Crippen molar-refractivity contribution in [3.63, 3.8) is 0 Å². The lowest BCUT2D eigenvalue weighted by Gasteiger charge is -2.18. The van der Waals surface area contributed by atoms with Gasteiger partial charge < -0.3 is 15.4 Å². The molecule has 5 heteroatoms. The lowest BCUT2D eigenvalue weighted by atomic mass is 10.0. The van der Waals surface area contributed by atoms with E-state index in [1.54, 1.807) is 0 Å². The van der Waals surface area contributed by atoms with Gasteiger partial charge in [0.1, 0.15) is 11.9 Å². The van der Waals surface area contributed by atoms with Crippen LogP contribution < -0.4 is 15.4 Å². The highest BCUT2D eigenvalue weighted by molar-refractivity contribution is 5.42. The molecule has 0 bridgehead atoms. The quantitative estimate of drug-likeness (QED) is 0.879. The summed E-state index contributed by atoms with van der Waals surface area (Å²) in [5.41, 5.74) is 4.47. The first kappa shape index (κ1) is 16.1. The van der Waals surface area contributed by atoms with E-state index in [2.05, 4.69) is 27.8 Å². The van der Waals surface area contributed by atoms with Crippen LogP contribution in [0.15, 0.2) is 36.7 Å². The molecule has 1 unspecified atom stereocenters. The summed E-state index contributed by atoms with van der Waals surface area (Å²) in [5.74, 6) is 0.868. The number of pyridine rings is 1. The van der Waals surface area contributed by atoms with Gasteiger partial charge in [0, 0.05) is 30.9 Å². The van der Waals surface area contributed by atoms with E-state index in [0.29, 0.717) is 0 Å². The highest BCUT2D eigenvalue weighted by Gasteiger charge is 2.23. The number of rotatable bonds is 5. The number of nitrogens with one attached hydrogen (secondary N) is 2. The summed E-state index contributed by atoms with van der Waals surface area (Å²) in [7, 11) is 0. The summed E-state index contributed by atoms with van der Waals surface area (Å²) < 4.78 is 6.12. The van der Waals surface area contributed by atoms with Gasteiger partial charge >= 0.3 is 0 Å². The average Bonchev–Trinajstić information content (AvgIpc) is 3.30. The largest absolute Gasteiger partial charge is 0.487 e. The predicted molar refractivity (Wildman–Crippen MR) is 95.2 cm³/mol. The van der Waals surface area contributed by atoms with Gasteiger partial charge in [0.05, 0.1) is 17.8 Å². The smallest absolute Gasteiger partial charge is 0.142 e. The van der Waals surface area contributed by atoms with Crippen LogP contribution in [0.3, 0.4) is 0 Å². The summed E-state index contributed by atoms with van der Waals surface area (Å²) in [6.45, 7) is 2.65. The molecule has 1 aromatic carbocycles. The fourth-order valence-electron chi connectivity index (χ4n) is 3.69. The van der Waals surface area contributed by atoms with Gasteiger partial charge in [-0.1, -0.05) is 6.07 Å². The minimum Gasteiger partial charge on any atom is -0.487 e. The maximum atomic E-state index is 9.14. The van der Waals surface area contributed by atoms with Crippen molar-refractivity contribution in [1.29, 1.82) is 5.26 Å². The van der Waals surface area contributed by atoms with E-state index in [-0.39, 0.29) is 12.1 Å². The van der Waals surface area contributed by atoms with Crippen LogP contribution in [0.1, 0.15) is 41.1 Å². The Balaban J connectivity index is 1.45. The lowest BCUT2D eigenvalue weighted by molar-refractivity contribution is 0.219. The predicted octanol–water partition coefficient (Wildman–Crippen LogP) is 2.47. The number of benzene rings is 1. The molecule has 128 valence electrons. The zero-order chi connectivity index (χ0) is 17.1. The van der Waals surface area contributed by atoms with E-state index >= 15 is 0 Å². The van der Waals surface area contributed by atoms with Crippen molar-refractivity contribution in [2.75, 3.05) is 13.1 Å². The van der Waals surface area contributed by atoms with Crippen molar-refractivity contribution in [3.05, 3.63) is 58.9 Å². The third kappa shape index (κ3) is 3.51. The molecular weight excluding hydrogens is 312 g/mol. The van der Waals surface area contributed by atoms with Gasteiger partial charge in [0.25, 0.3) is 0 Å². The molecular formula is C20H22N4O. The summed E-state index contributed by atoms with van der Waals surface area (Å²) in [4.78, 5) is 4.22. The fraction of sp³-hybridized carbons (Fsp3) is 0.400. The number of hydrogen-bond acceptors (Lipinski definition) is 5. The molecule has 1 saturated heterocycles. The highest BCUT2D eigenvalue weighted by Crippen LogP contribution is 2.32. The SMILES string of the molecule is N#Cc1ccc2c(c1)C(NCc1ccncc1O[C@H]1CCNC1)CC2. The monoisotopic (exact) mass is 334 g/mol. The molecule has 1 aromatic heterocycles. The lowest BCUT2D eigenvalue weighted by Crippen LogP contribution is -2.22. The van der Waals surface area contributed by atoms with Gasteiger partial charge in [0.15, 0.2) is 0 Å². The van der Waals surface area contributed by atoms with E-state index in [0.717, 1.165) is 55.8 Å². The van der Waals surface area contributed by atoms with Gasteiger partial charge in [-0.05, 0) is 55.1 Å². The van der Waals surface area contributed by atoms with E-state index in [9.17, 15) is 0 Å². The van der Waals surface area contributed by atoms with Crippen LogP contribution >= 0.6 is 0 Å². The maximum absolute atomic E-state index is 9.14. The molecule has 1 aliphatic heterocycles. The Morgan fingerprint density at radius 1 is 1.32 bits per heavy atom. The van der Waals surface area contributed by atoms with Crippen LogP contribution in [-0.2, 0) is 13.0 Å². The van der Waals surface area contributed by atoms with Crippen LogP contribution in [0, 0.1) is 11.3 Å². The zero-order valence-corrected chi connectivity index (χ0v) is 14.2. The Hall–Kier alpha value is -2.42. The van der Waals surface area contributed by atoms with Gasteiger partial charge in [-0.25, -0.2) is 0 Å². The third-order valence-corrected chi connectivity index (χ3v) is 5.07. The van der Waals surface area contributed by atoms with Gasteiger partial charge in [0.2, 0.25) is 0 Å². The van der Waals surface area contributed by atoms with E-state index in [1.807, 2.05) is 30.6 Å². The molecule has 2 aliphatic rings. The standard InChI is InChI=1S/C20H22N4O/c21-10-14-1-2-15-3-4-19(18(15)9-14)24-11-16-5-7-23-13-20(16)25-17-6-8-22-12-17/h1-2,5,7,9,13,17,19,22,24H,3-4,6,8,11-12H2/t17-,19?/m0/s1. The number of aromatic nitrogens is 1. The molecule has 2 heterocycles. The second-order valence-electron chi connectivity index (χ2n) is 6.71. The summed E-state index contributed by atoms with van der Waals surface area (Å²) in [5, 5.41) is 16.1. The second-order valence-corrected chi connectivity index (χ2v) is 6.71. The minimum absolute atomic E-state index is 0.230. The second kappa shape index (κ2) is 7.22. The zero-order valence-electron chi connectivity index (χ0n) is 14.2. The van der Waals surface area contributed by atoms with Gasteiger partial charge in [-0.2, -0.15) is 5.26 Å². The Kier molecular flexibility index (Phi) is 4.64. The number of hydrogen-bond donors (Lipinski definition) is 2. The van der Waals surface area contributed by atoms with Crippen molar-refractivity contribution < 1.29 is 4.74 Å². The molecule has 2 aromatic rings. The third-order valence-electron chi connectivity index (χ3n) is 5.07. The Morgan fingerprint density at radius 3 is 3.12 bits per heavy atom. The van der Waals surface area contributed by atoms with Gasteiger partial charge in [-0.15, -0.1) is 0 Å². The number of aryl methyl sites for hydroxylation is 1. The molecule has 4 rings (SSSR count).